The van der Waals surface area contributed by atoms with E-state index >= 15 is 0 Å². The minimum atomic E-state index is -0.0886. The van der Waals surface area contributed by atoms with Gasteiger partial charge < -0.3 is 10.3 Å². The molecule has 1 aromatic rings. The summed E-state index contributed by atoms with van der Waals surface area (Å²) in [6.45, 7) is 1.79. The van der Waals surface area contributed by atoms with Crippen molar-refractivity contribution in [1.82, 2.24) is 9.97 Å². The van der Waals surface area contributed by atoms with E-state index in [1.807, 2.05) is 0 Å². The number of nitrogens with one attached hydrogen (secondary N) is 2. The van der Waals surface area contributed by atoms with Gasteiger partial charge in [-0.05, 0) is 26.2 Å². The molecule has 1 aliphatic rings. The maximum atomic E-state index is 11.1. The minimum absolute atomic E-state index is 0.0886. The molecule has 1 heterocycles. The molecule has 0 radical (unpaired) electrons. The van der Waals surface area contributed by atoms with Gasteiger partial charge in [0.25, 0.3) is 5.56 Å². The molecule has 1 aliphatic carbocycles. The Kier molecular flexibility index (Phi) is 2.04. The van der Waals surface area contributed by atoms with Gasteiger partial charge in [-0.3, -0.25) is 4.79 Å². The smallest absolute Gasteiger partial charge is 0.252 e. The third kappa shape index (κ3) is 1.88. The fourth-order valence-corrected chi connectivity index (χ4v) is 1.42. The van der Waals surface area contributed by atoms with Gasteiger partial charge in [-0.1, -0.05) is 0 Å². The first-order valence-corrected chi connectivity index (χ1v) is 4.58. The molecule has 2 rings (SSSR count). The van der Waals surface area contributed by atoms with Crippen LogP contribution in [0.3, 0.4) is 0 Å². The molecule has 0 aromatic carbocycles. The number of anilines is 1. The van der Waals surface area contributed by atoms with E-state index in [9.17, 15) is 4.79 Å². The van der Waals surface area contributed by atoms with Crippen LogP contribution in [0.4, 0.5) is 5.82 Å². The molecule has 0 unspecified atom stereocenters. The summed E-state index contributed by atoms with van der Waals surface area (Å²) in [7, 11) is 0. The summed E-state index contributed by atoms with van der Waals surface area (Å²) in [6, 6.07) is 2.03. The highest BCUT2D eigenvalue weighted by atomic mass is 16.1. The Hall–Kier alpha value is -1.32. The van der Waals surface area contributed by atoms with E-state index in [0.29, 0.717) is 17.7 Å². The lowest BCUT2D eigenvalue weighted by Gasteiger charge is -2.26. The lowest BCUT2D eigenvalue weighted by Crippen LogP contribution is -2.28. The van der Waals surface area contributed by atoms with Gasteiger partial charge in [0.1, 0.15) is 11.6 Å². The molecule has 1 fully saturated rings. The van der Waals surface area contributed by atoms with Gasteiger partial charge in [-0.2, -0.15) is 0 Å². The molecule has 4 nitrogen and oxygen atoms in total. The van der Waals surface area contributed by atoms with Crippen molar-refractivity contribution >= 4 is 5.82 Å². The van der Waals surface area contributed by atoms with Crippen molar-refractivity contribution in [2.75, 3.05) is 5.32 Å². The summed E-state index contributed by atoms with van der Waals surface area (Å²) in [6.07, 6.45) is 3.65. The summed E-state index contributed by atoms with van der Waals surface area (Å²) in [5.74, 6) is 1.36. The van der Waals surface area contributed by atoms with Crippen molar-refractivity contribution < 1.29 is 0 Å². The molecule has 0 saturated heterocycles. The average Bonchev–Trinajstić information content (AvgIpc) is 1.95. The van der Waals surface area contributed by atoms with Crippen LogP contribution >= 0.6 is 0 Å². The molecule has 0 amide bonds. The van der Waals surface area contributed by atoms with Gasteiger partial charge in [0.15, 0.2) is 0 Å². The van der Waals surface area contributed by atoms with Gasteiger partial charge in [-0.15, -0.1) is 0 Å². The third-order valence-corrected chi connectivity index (χ3v) is 2.32. The number of rotatable bonds is 2. The summed E-state index contributed by atoms with van der Waals surface area (Å²) in [4.78, 5) is 17.9. The van der Waals surface area contributed by atoms with Gasteiger partial charge in [0, 0.05) is 12.1 Å². The minimum Gasteiger partial charge on any atom is -0.367 e. The van der Waals surface area contributed by atoms with Crippen molar-refractivity contribution in [3.63, 3.8) is 0 Å². The molecule has 0 atom stereocenters. The van der Waals surface area contributed by atoms with Crippen LogP contribution in [0.25, 0.3) is 0 Å². The van der Waals surface area contributed by atoms with Crippen molar-refractivity contribution in [3.05, 3.63) is 22.2 Å². The van der Waals surface area contributed by atoms with Crippen molar-refractivity contribution in [2.24, 2.45) is 0 Å². The predicted octanol–water partition coefficient (Wildman–Crippen LogP) is 1.04. The van der Waals surface area contributed by atoms with Crippen LogP contribution in [0.5, 0.6) is 0 Å². The molecular formula is C9H13N3O. The highest BCUT2D eigenvalue weighted by molar-refractivity contribution is 5.34. The lowest BCUT2D eigenvalue weighted by molar-refractivity contribution is 0.444. The van der Waals surface area contributed by atoms with Gasteiger partial charge in [-0.25, -0.2) is 4.98 Å². The van der Waals surface area contributed by atoms with Crippen molar-refractivity contribution in [3.8, 4) is 0 Å². The first-order valence-electron chi connectivity index (χ1n) is 4.58. The summed E-state index contributed by atoms with van der Waals surface area (Å²) >= 11 is 0. The van der Waals surface area contributed by atoms with Crippen LogP contribution in [0, 0.1) is 6.92 Å². The fourth-order valence-electron chi connectivity index (χ4n) is 1.42. The highest BCUT2D eigenvalue weighted by Gasteiger charge is 2.17. The molecule has 1 saturated carbocycles. The number of nitrogens with zero attached hydrogens (tertiary/aromatic N) is 1. The molecular weight excluding hydrogens is 166 g/mol. The van der Waals surface area contributed by atoms with Gasteiger partial charge >= 0.3 is 0 Å². The Labute approximate surface area is 76.4 Å². The van der Waals surface area contributed by atoms with E-state index in [-0.39, 0.29) is 5.56 Å². The van der Waals surface area contributed by atoms with Crippen LogP contribution in [0.2, 0.25) is 0 Å². The molecule has 0 spiro atoms. The Bertz CT molecular complexity index is 354. The number of H-pyrrole nitrogens is 1. The van der Waals surface area contributed by atoms with Crippen LogP contribution < -0.4 is 10.9 Å². The molecule has 4 heteroatoms. The molecule has 13 heavy (non-hydrogen) atoms. The van der Waals surface area contributed by atoms with E-state index < -0.39 is 0 Å². The second kappa shape index (κ2) is 3.20. The van der Waals surface area contributed by atoms with Crippen LogP contribution in [0.15, 0.2) is 10.9 Å². The molecule has 1 aromatic heterocycles. The quantitative estimate of drug-likeness (QED) is 0.713. The van der Waals surface area contributed by atoms with E-state index in [1.165, 1.54) is 25.3 Å². The zero-order valence-corrected chi connectivity index (χ0v) is 7.63. The second-order valence-electron chi connectivity index (χ2n) is 3.49. The summed E-state index contributed by atoms with van der Waals surface area (Å²) in [5, 5.41) is 3.23. The summed E-state index contributed by atoms with van der Waals surface area (Å²) in [5.41, 5.74) is -0.0886. The topological polar surface area (TPSA) is 57.8 Å². The first-order chi connectivity index (χ1) is 6.24. The molecule has 0 aliphatic heterocycles. The maximum absolute atomic E-state index is 11.1. The normalized spacial score (nSPS) is 16.7. The standard InChI is InChI=1S/C9H13N3O/c1-6-10-8(5-9(13)11-6)12-7-3-2-4-7/h5,7H,2-4H2,1H3,(H2,10,11,12,13). The van der Waals surface area contributed by atoms with E-state index in [2.05, 4.69) is 15.3 Å². The number of hydrogen-bond donors (Lipinski definition) is 2. The molecule has 0 bridgehead atoms. The molecule has 2 N–H and O–H groups in total. The predicted molar refractivity (Wildman–Crippen MR) is 50.9 cm³/mol. The largest absolute Gasteiger partial charge is 0.367 e. The third-order valence-electron chi connectivity index (χ3n) is 2.32. The maximum Gasteiger partial charge on any atom is 0.252 e. The first kappa shape index (κ1) is 8.29. The van der Waals surface area contributed by atoms with Crippen LogP contribution in [-0.2, 0) is 0 Å². The monoisotopic (exact) mass is 179 g/mol. The van der Waals surface area contributed by atoms with E-state index in [1.54, 1.807) is 6.92 Å². The Morgan fingerprint density at radius 2 is 2.38 bits per heavy atom. The van der Waals surface area contributed by atoms with Crippen LogP contribution in [0.1, 0.15) is 25.1 Å². The Morgan fingerprint density at radius 3 is 2.92 bits per heavy atom. The zero-order chi connectivity index (χ0) is 9.26. The molecule has 70 valence electrons. The van der Waals surface area contributed by atoms with E-state index in [0.717, 1.165) is 0 Å². The van der Waals surface area contributed by atoms with E-state index in [4.69, 9.17) is 0 Å². The Morgan fingerprint density at radius 1 is 1.62 bits per heavy atom. The van der Waals surface area contributed by atoms with Gasteiger partial charge in [0.2, 0.25) is 0 Å². The second-order valence-corrected chi connectivity index (χ2v) is 3.49. The van der Waals surface area contributed by atoms with Gasteiger partial charge in [0.05, 0.1) is 0 Å². The fraction of sp³-hybridized carbons (Fsp3) is 0.556. The number of aromatic nitrogens is 2. The van der Waals surface area contributed by atoms with Crippen molar-refractivity contribution in [1.29, 1.82) is 0 Å². The van der Waals surface area contributed by atoms with Crippen molar-refractivity contribution in [2.45, 2.75) is 32.2 Å². The highest BCUT2D eigenvalue weighted by Crippen LogP contribution is 2.21. The number of aromatic amines is 1. The zero-order valence-electron chi connectivity index (χ0n) is 7.63. The number of aryl methyl sites for hydroxylation is 1. The summed E-state index contributed by atoms with van der Waals surface area (Å²) < 4.78 is 0. The Balaban J connectivity index is 2.14. The van der Waals surface area contributed by atoms with Crippen LogP contribution in [-0.4, -0.2) is 16.0 Å². The number of hydrogen-bond acceptors (Lipinski definition) is 3. The SMILES string of the molecule is Cc1nc(NC2CCC2)cc(=O)[nH]1. The lowest BCUT2D eigenvalue weighted by atomic mass is 9.93. The average molecular weight is 179 g/mol.